The fourth-order valence-electron chi connectivity index (χ4n) is 3.28. The fourth-order valence-corrected chi connectivity index (χ4v) is 3.28. The maximum atomic E-state index is 14.3. The minimum atomic E-state index is -0.665. The predicted molar refractivity (Wildman–Crippen MR) is 101 cm³/mol. The summed E-state index contributed by atoms with van der Waals surface area (Å²) in [5, 5.41) is 4.58. The monoisotopic (exact) mass is 360 g/mol. The van der Waals surface area contributed by atoms with Crippen LogP contribution in [0.15, 0.2) is 24.3 Å². The Kier molecular flexibility index (Phi) is 6.18. The number of carbonyl (C=O) groups is 1. The van der Waals surface area contributed by atoms with E-state index in [0.717, 1.165) is 17.0 Å². The second-order valence-electron chi connectivity index (χ2n) is 7.27. The van der Waals surface area contributed by atoms with Crippen molar-refractivity contribution in [3.63, 3.8) is 0 Å². The van der Waals surface area contributed by atoms with Crippen molar-refractivity contribution in [2.75, 3.05) is 21.1 Å². The molecular formula is C20H29FN4O. The number of halogens is 1. The average molecular weight is 360 g/mol. The third-order valence-electron chi connectivity index (χ3n) is 4.69. The molecule has 0 saturated heterocycles. The molecule has 0 aliphatic carbocycles. The SMILES string of the molecule is Cc1nn(C(C)C)c(C)c1CN(C)C(=O)[C@H](c1ccccc1F)N(C)C. The molecule has 1 heterocycles. The highest BCUT2D eigenvalue weighted by Gasteiger charge is 2.29. The molecule has 0 spiro atoms. The van der Waals surface area contributed by atoms with Gasteiger partial charge in [-0.05, 0) is 47.9 Å². The number of amides is 1. The van der Waals surface area contributed by atoms with Gasteiger partial charge in [-0.3, -0.25) is 14.4 Å². The zero-order chi connectivity index (χ0) is 19.6. The lowest BCUT2D eigenvalue weighted by Crippen LogP contribution is -2.38. The first-order valence-corrected chi connectivity index (χ1v) is 8.85. The van der Waals surface area contributed by atoms with Crippen molar-refractivity contribution in [1.82, 2.24) is 19.6 Å². The van der Waals surface area contributed by atoms with Crippen LogP contribution in [0.5, 0.6) is 0 Å². The van der Waals surface area contributed by atoms with Crippen molar-refractivity contribution in [2.24, 2.45) is 0 Å². The summed E-state index contributed by atoms with van der Waals surface area (Å²) >= 11 is 0. The van der Waals surface area contributed by atoms with Gasteiger partial charge in [0.25, 0.3) is 0 Å². The Labute approximate surface area is 155 Å². The molecule has 1 atom stereocenters. The second-order valence-corrected chi connectivity index (χ2v) is 7.27. The first-order valence-electron chi connectivity index (χ1n) is 8.85. The minimum Gasteiger partial charge on any atom is -0.340 e. The Balaban J connectivity index is 2.30. The van der Waals surface area contributed by atoms with Gasteiger partial charge in [0.1, 0.15) is 11.9 Å². The lowest BCUT2D eigenvalue weighted by Gasteiger charge is -2.29. The number of aromatic nitrogens is 2. The number of benzene rings is 1. The Morgan fingerprint density at radius 1 is 1.19 bits per heavy atom. The maximum absolute atomic E-state index is 14.3. The van der Waals surface area contributed by atoms with Gasteiger partial charge in [-0.2, -0.15) is 5.10 Å². The topological polar surface area (TPSA) is 41.4 Å². The molecule has 0 fully saturated rings. The van der Waals surface area contributed by atoms with E-state index in [1.54, 1.807) is 49.1 Å². The molecule has 2 aromatic rings. The molecular weight excluding hydrogens is 331 g/mol. The highest BCUT2D eigenvalue weighted by Crippen LogP contribution is 2.25. The summed E-state index contributed by atoms with van der Waals surface area (Å²) in [5.74, 6) is -0.510. The third kappa shape index (κ3) is 3.96. The lowest BCUT2D eigenvalue weighted by atomic mass is 10.0. The van der Waals surface area contributed by atoms with Crippen molar-refractivity contribution in [1.29, 1.82) is 0 Å². The lowest BCUT2D eigenvalue weighted by molar-refractivity contribution is -0.135. The smallest absolute Gasteiger partial charge is 0.244 e. The largest absolute Gasteiger partial charge is 0.340 e. The van der Waals surface area contributed by atoms with Gasteiger partial charge in [-0.1, -0.05) is 18.2 Å². The van der Waals surface area contributed by atoms with E-state index in [9.17, 15) is 9.18 Å². The number of carbonyl (C=O) groups excluding carboxylic acids is 1. The summed E-state index contributed by atoms with van der Waals surface area (Å²) in [4.78, 5) is 16.5. The van der Waals surface area contributed by atoms with E-state index in [4.69, 9.17) is 0 Å². The highest BCUT2D eigenvalue weighted by atomic mass is 19.1. The normalized spacial score (nSPS) is 12.7. The van der Waals surface area contributed by atoms with Gasteiger partial charge in [0, 0.05) is 36.5 Å². The Hall–Kier alpha value is -2.21. The summed E-state index contributed by atoms with van der Waals surface area (Å²) in [5.41, 5.74) is 3.41. The summed E-state index contributed by atoms with van der Waals surface area (Å²) < 4.78 is 16.2. The van der Waals surface area contributed by atoms with Gasteiger partial charge in [-0.15, -0.1) is 0 Å². The van der Waals surface area contributed by atoms with Crippen LogP contribution < -0.4 is 0 Å². The molecule has 0 aliphatic rings. The van der Waals surface area contributed by atoms with Gasteiger partial charge >= 0.3 is 0 Å². The Bertz CT molecular complexity index is 782. The third-order valence-corrected chi connectivity index (χ3v) is 4.69. The summed E-state index contributed by atoms with van der Waals surface area (Å²) in [6.45, 7) is 8.59. The van der Waals surface area contributed by atoms with Crippen LogP contribution in [0.3, 0.4) is 0 Å². The van der Waals surface area contributed by atoms with Crippen molar-refractivity contribution in [3.8, 4) is 0 Å². The first-order chi connectivity index (χ1) is 12.1. The average Bonchev–Trinajstić information content (AvgIpc) is 2.84. The van der Waals surface area contributed by atoms with Crippen molar-refractivity contribution in [2.45, 2.75) is 46.3 Å². The predicted octanol–water partition coefficient (Wildman–Crippen LogP) is 3.48. The minimum absolute atomic E-state index is 0.142. The highest BCUT2D eigenvalue weighted by molar-refractivity contribution is 5.83. The number of hydrogen-bond donors (Lipinski definition) is 0. The summed E-state index contributed by atoms with van der Waals surface area (Å²) in [6, 6.07) is 6.04. The Morgan fingerprint density at radius 2 is 1.81 bits per heavy atom. The number of aryl methyl sites for hydroxylation is 1. The molecule has 1 aromatic carbocycles. The number of nitrogens with zero attached hydrogens (tertiary/aromatic N) is 4. The molecule has 1 aromatic heterocycles. The number of rotatable bonds is 6. The van der Waals surface area contributed by atoms with Crippen LogP contribution in [0, 0.1) is 19.7 Å². The first kappa shape index (κ1) is 20.1. The van der Waals surface area contributed by atoms with E-state index in [-0.39, 0.29) is 17.8 Å². The fraction of sp³-hybridized carbons (Fsp3) is 0.500. The molecule has 2 rings (SSSR count). The molecule has 6 heteroatoms. The number of hydrogen-bond acceptors (Lipinski definition) is 3. The van der Waals surface area contributed by atoms with Crippen LogP contribution in [-0.4, -0.2) is 46.6 Å². The van der Waals surface area contributed by atoms with E-state index in [1.807, 2.05) is 18.5 Å². The molecule has 0 aliphatic heterocycles. The second kappa shape index (κ2) is 7.99. The van der Waals surface area contributed by atoms with Gasteiger partial charge < -0.3 is 4.90 Å². The van der Waals surface area contributed by atoms with E-state index >= 15 is 0 Å². The molecule has 142 valence electrons. The number of likely N-dealkylation sites (N-methyl/N-ethyl adjacent to an activating group) is 2. The zero-order valence-corrected chi connectivity index (χ0v) is 16.7. The van der Waals surface area contributed by atoms with Crippen molar-refractivity contribution in [3.05, 3.63) is 52.6 Å². The van der Waals surface area contributed by atoms with Crippen LogP contribution in [0.25, 0.3) is 0 Å². The van der Waals surface area contributed by atoms with E-state index in [2.05, 4.69) is 18.9 Å². The van der Waals surface area contributed by atoms with Crippen molar-refractivity contribution < 1.29 is 9.18 Å². The molecule has 0 radical (unpaired) electrons. The van der Waals surface area contributed by atoms with E-state index in [0.29, 0.717) is 12.1 Å². The van der Waals surface area contributed by atoms with Gasteiger partial charge in [0.2, 0.25) is 5.91 Å². The van der Waals surface area contributed by atoms with E-state index < -0.39 is 6.04 Å². The summed E-state index contributed by atoms with van der Waals surface area (Å²) in [7, 11) is 5.33. The van der Waals surface area contributed by atoms with Crippen LogP contribution in [0.4, 0.5) is 4.39 Å². The molecule has 26 heavy (non-hydrogen) atoms. The Morgan fingerprint density at radius 3 is 2.31 bits per heavy atom. The quantitative estimate of drug-likeness (QED) is 0.792. The van der Waals surface area contributed by atoms with E-state index in [1.165, 1.54) is 6.07 Å². The molecule has 5 nitrogen and oxygen atoms in total. The standard InChI is InChI=1S/C20H29FN4O/c1-13(2)25-15(4)17(14(3)22-25)12-24(7)20(26)19(23(5)6)16-10-8-9-11-18(16)21/h8-11,13,19H,12H2,1-7H3/t19-/m0/s1. The van der Waals surface area contributed by atoms with Gasteiger partial charge in [0.05, 0.1) is 5.69 Å². The van der Waals surface area contributed by atoms with Gasteiger partial charge in [0.15, 0.2) is 0 Å². The van der Waals surface area contributed by atoms with Crippen LogP contribution in [-0.2, 0) is 11.3 Å². The van der Waals surface area contributed by atoms with Crippen LogP contribution >= 0.6 is 0 Å². The van der Waals surface area contributed by atoms with Crippen molar-refractivity contribution >= 4 is 5.91 Å². The molecule has 0 saturated carbocycles. The van der Waals surface area contributed by atoms with Crippen LogP contribution in [0.2, 0.25) is 0 Å². The maximum Gasteiger partial charge on any atom is 0.244 e. The molecule has 0 unspecified atom stereocenters. The van der Waals surface area contributed by atoms with Crippen LogP contribution in [0.1, 0.15) is 48.4 Å². The van der Waals surface area contributed by atoms with Gasteiger partial charge in [-0.25, -0.2) is 4.39 Å². The molecule has 1 amide bonds. The zero-order valence-electron chi connectivity index (χ0n) is 16.7. The molecule has 0 N–H and O–H groups in total. The summed E-state index contributed by atoms with van der Waals surface area (Å²) in [6.07, 6.45) is 0. The molecule has 0 bridgehead atoms.